The molecule has 204 valence electrons. The summed E-state index contributed by atoms with van der Waals surface area (Å²) in [5, 5.41) is 2.84. The maximum Gasteiger partial charge on any atom is 0.424 e. The fourth-order valence-corrected chi connectivity index (χ4v) is 3.17. The summed E-state index contributed by atoms with van der Waals surface area (Å²) in [6.45, 7) is 20.5. The monoisotopic (exact) mass is 508 g/mol. The highest BCUT2D eigenvalue weighted by molar-refractivity contribution is 6.11. The average molecular weight is 509 g/mol. The lowest BCUT2D eigenvalue weighted by atomic mass is 10.2. The fraction of sp³-hybridized carbons (Fsp3) is 0.692. The Morgan fingerprint density at radius 2 is 1.39 bits per heavy atom. The van der Waals surface area contributed by atoms with E-state index in [-0.39, 0.29) is 11.7 Å². The molecule has 3 amide bonds. The van der Waals surface area contributed by atoms with Crippen LogP contribution >= 0.6 is 0 Å². The predicted molar refractivity (Wildman–Crippen MR) is 141 cm³/mol. The van der Waals surface area contributed by atoms with Crippen molar-refractivity contribution < 1.29 is 28.6 Å². The van der Waals surface area contributed by atoms with Crippen LogP contribution in [-0.2, 0) is 14.2 Å². The topological polar surface area (TPSA) is 110 Å². The van der Waals surface area contributed by atoms with E-state index in [0.29, 0.717) is 18.8 Å². The Morgan fingerprint density at radius 1 is 0.889 bits per heavy atom. The number of anilines is 2. The first kappa shape index (κ1) is 31.0. The zero-order valence-corrected chi connectivity index (χ0v) is 23.7. The molecule has 1 unspecified atom stereocenters. The second-order valence-electron chi connectivity index (χ2n) is 11.7. The minimum absolute atomic E-state index is 0.221. The summed E-state index contributed by atoms with van der Waals surface area (Å²) >= 11 is 0. The maximum absolute atomic E-state index is 13.2. The summed E-state index contributed by atoms with van der Waals surface area (Å²) < 4.78 is 16.4. The zero-order valence-electron chi connectivity index (χ0n) is 23.7. The normalized spacial score (nSPS) is 12.9. The van der Waals surface area contributed by atoms with E-state index in [2.05, 4.69) is 10.3 Å². The molecule has 0 aliphatic heterocycles. The van der Waals surface area contributed by atoms with Crippen LogP contribution in [0.2, 0.25) is 0 Å². The highest BCUT2D eigenvalue weighted by Crippen LogP contribution is 2.31. The van der Waals surface area contributed by atoms with Crippen LogP contribution in [0, 0.1) is 0 Å². The quantitative estimate of drug-likeness (QED) is 0.454. The molecule has 10 heteroatoms. The summed E-state index contributed by atoms with van der Waals surface area (Å²) in [5.41, 5.74) is -1.50. The van der Waals surface area contributed by atoms with Gasteiger partial charge in [0.15, 0.2) is 0 Å². The first-order valence-electron chi connectivity index (χ1n) is 12.3. The number of nitrogens with zero attached hydrogens (tertiary/aromatic N) is 3. The molecule has 1 aromatic rings. The second-order valence-corrected chi connectivity index (χ2v) is 11.7. The standard InChI is InChI=1S/C26H44N4O6/c1-12-15-29(17-18(2)28-21(31)34-24(3,4)5)19-13-14-27-16-20(19)30(22(32)35-25(6,7)8)23(33)36-26(9,10)11/h13-14,16,18H,12,15,17H2,1-11H3,(H,28,31). The van der Waals surface area contributed by atoms with Crippen molar-refractivity contribution in [1.82, 2.24) is 10.3 Å². The van der Waals surface area contributed by atoms with Crippen LogP contribution in [0.5, 0.6) is 0 Å². The molecule has 0 saturated carbocycles. The molecule has 0 spiro atoms. The Labute approximate surface area is 215 Å². The summed E-state index contributed by atoms with van der Waals surface area (Å²) in [7, 11) is 0. The third-order valence-electron chi connectivity index (χ3n) is 4.26. The van der Waals surface area contributed by atoms with E-state index >= 15 is 0 Å². The van der Waals surface area contributed by atoms with Crippen molar-refractivity contribution in [1.29, 1.82) is 0 Å². The summed E-state index contributed by atoms with van der Waals surface area (Å²) in [4.78, 5) is 45.7. The summed E-state index contributed by atoms with van der Waals surface area (Å²) in [6.07, 6.45) is 1.52. The number of rotatable bonds is 7. The molecule has 1 N–H and O–H groups in total. The number of amides is 3. The van der Waals surface area contributed by atoms with Crippen molar-refractivity contribution in [2.24, 2.45) is 0 Å². The van der Waals surface area contributed by atoms with Gasteiger partial charge in [-0.2, -0.15) is 4.90 Å². The number of hydrogen-bond donors (Lipinski definition) is 1. The van der Waals surface area contributed by atoms with Crippen molar-refractivity contribution in [3.05, 3.63) is 18.5 Å². The number of carbonyl (C=O) groups is 3. The van der Waals surface area contributed by atoms with Gasteiger partial charge in [-0.25, -0.2) is 14.4 Å². The molecule has 0 bridgehead atoms. The number of imide groups is 1. The number of nitrogens with one attached hydrogen (secondary N) is 1. The van der Waals surface area contributed by atoms with Crippen LogP contribution in [-0.4, -0.2) is 59.2 Å². The molecule has 36 heavy (non-hydrogen) atoms. The van der Waals surface area contributed by atoms with Gasteiger partial charge in [0.2, 0.25) is 0 Å². The van der Waals surface area contributed by atoms with E-state index in [9.17, 15) is 14.4 Å². The van der Waals surface area contributed by atoms with Gasteiger partial charge in [-0.15, -0.1) is 0 Å². The van der Waals surface area contributed by atoms with Crippen molar-refractivity contribution in [3.63, 3.8) is 0 Å². The zero-order chi connectivity index (χ0) is 27.9. The van der Waals surface area contributed by atoms with E-state index in [4.69, 9.17) is 14.2 Å². The van der Waals surface area contributed by atoms with Crippen molar-refractivity contribution >= 4 is 29.7 Å². The largest absolute Gasteiger partial charge is 0.444 e. The lowest BCUT2D eigenvalue weighted by molar-refractivity contribution is 0.0428. The molecule has 1 atom stereocenters. The van der Waals surface area contributed by atoms with E-state index in [1.807, 2.05) is 18.7 Å². The number of alkyl carbamates (subject to hydrolysis) is 1. The first-order chi connectivity index (χ1) is 16.3. The average Bonchev–Trinajstić information content (AvgIpc) is 2.63. The van der Waals surface area contributed by atoms with E-state index in [1.165, 1.54) is 6.20 Å². The Bertz CT molecular complexity index is 871. The number of carbonyl (C=O) groups excluding carboxylic acids is 3. The van der Waals surface area contributed by atoms with E-state index < -0.39 is 35.1 Å². The molecule has 10 nitrogen and oxygen atoms in total. The Balaban J connectivity index is 3.39. The van der Waals surface area contributed by atoms with Gasteiger partial charge >= 0.3 is 18.3 Å². The maximum atomic E-state index is 13.2. The van der Waals surface area contributed by atoms with Gasteiger partial charge in [-0.1, -0.05) is 6.92 Å². The minimum atomic E-state index is -0.873. The van der Waals surface area contributed by atoms with Crippen LogP contribution in [0.15, 0.2) is 18.5 Å². The SMILES string of the molecule is CCCN(CC(C)NC(=O)OC(C)(C)C)c1ccncc1N(C(=O)OC(C)(C)C)C(=O)OC(C)(C)C. The van der Waals surface area contributed by atoms with Crippen LogP contribution in [0.1, 0.15) is 82.6 Å². The third kappa shape index (κ3) is 11.1. The van der Waals surface area contributed by atoms with Crippen molar-refractivity contribution in [2.45, 2.75) is 105 Å². The van der Waals surface area contributed by atoms with E-state index in [1.54, 1.807) is 74.6 Å². The molecular formula is C26H44N4O6. The van der Waals surface area contributed by atoms with E-state index in [0.717, 1.165) is 11.3 Å². The van der Waals surface area contributed by atoms with Crippen LogP contribution in [0.3, 0.4) is 0 Å². The number of ether oxygens (including phenoxy) is 3. The van der Waals surface area contributed by atoms with Crippen molar-refractivity contribution in [3.8, 4) is 0 Å². The number of pyridine rings is 1. The van der Waals surface area contributed by atoms with Gasteiger partial charge < -0.3 is 24.4 Å². The smallest absolute Gasteiger partial charge is 0.424 e. The summed E-state index contributed by atoms with van der Waals surface area (Å²) in [6, 6.07) is 1.41. The molecule has 0 aliphatic rings. The molecule has 1 heterocycles. The molecule has 1 aromatic heterocycles. The molecule has 0 aromatic carbocycles. The molecule has 0 aliphatic carbocycles. The Kier molecular flexibility index (Phi) is 10.6. The predicted octanol–water partition coefficient (Wildman–Crippen LogP) is 5.89. The summed E-state index contributed by atoms with van der Waals surface area (Å²) in [5.74, 6) is 0. The lowest BCUT2D eigenvalue weighted by Gasteiger charge is -2.33. The molecule has 1 rings (SSSR count). The number of aromatic nitrogens is 1. The van der Waals surface area contributed by atoms with Gasteiger partial charge in [0.1, 0.15) is 22.5 Å². The third-order valence-corrected chi connectivity index (χ3v) is 4.26. The van der Waals surface area contributed by atoms with Crippen LogP contribution in [0.25, 0.3) is 0 Å². The van der Waals surface area contributed by atoms with Crippen LogP contribution in [0.4, 0.5) is 25.8 Å². The number of hydrogen-bond acceptors (Lipinski definition) is 8. The Morgan fingerprint density at radius 3 is 1.83 bits per heavy atom. The molecule has 0 fully saturated rings. The van der Waals surface area contributed by atoms with Gasteiger partial charge in [0, 0.05) is 25.3 Å². The highest BCUT2D eigenvalue weighted by Gasteiger charge is 2.35. The minimum Gasteiger partial charge on any atom is -0.444 e. The Hall–Kier alpha value is -3.04. The fourth-order valence-electron chi connectivity index (χ4n) is 3.17. The van der Waals surface area contributed by atoms with Gasteiger partial charge in [-0.3, -0.25) is 4.98 Å². The highest BCUT2D eigenvalue weighted by atomic mass is 16.6. The first-order valence-corrected chi connectivity index (χ1v) is 12.3. The van der Waals surface area contributed by atoms with Crippen molar-refractivity contribution in [2.75, 3.05) is 22.9 Å². The second kappa shape index (κ2) is 12.3. The van der Waals surface area contributed by atoms with Gasteiger partial charge in [0.05, 0.1) is 11.9 Å². The van der Waals surface area contributed by atoms with Gasteiger partial charge in [0.25, 0.3) is 0 Å². The molecular weight excluding hydrogens is 464 g/mol. The lowest BCUT2D eigenvalue weighted by Crippen LogP contribution is -2.46. The molecule has 0 saturated heterocycles. The van der Waals surface area contributed by atoms with Gasteiger partial charge in [-0.05, 0) is 81.7 Å². The molecule has 0 radical (unpaired) electrons. The van der Waals surface area contributed by atoms with Crippen LogP contribution < -0.4 is 15.1 Å².